The third-order valence-corrected chi connectivity index (χ3v) is 4.11. The second kappa shape index (κ2) is 4.28. The summed E-state index contributed by atoms with van der Waals surface area (Å²) in [6.07, 6.45) is 3.97. The molecular formula is C11H18FI. The molecule has 1 aliphatic carbocycles. The molecule has 1 fully saturated rings. The van der Waals surface area contributed by atoms with E-state index in [2.05, 4.69) is 13.5 Å². The Morgan fingerprint density at radius 3 is 2.69 bits per heavy atom. The standard InChI is InChI=1S/C11H18FI/c1-8(2)10-6-4-5-9(3)7-11(10,12)13/h9-10H,1,4-7H2,2-3H3. The molecule has 1 saturated carbocycles. The second-order valence-corrected chi connectivity index (χ2v) is 6.19. The van der Waals surface area contributed by atoms with E-state index in [0.29, 0.717) is 12.3 Å². The van der Waals surface area contributed by atoms with Crippen molar-refractivity contribution in [1.29, 1.82) is 0 Å². The molecule has 2 heteroatoms. The Morgan fingerprint density at radius 2 is 2.15 bits per heavy atom. The van der Waals surface area contributed by atoms with Gasteiger partial charge in [0.1, 0.15) is 0 Å². The molecule has 3 unspecified atom stereocenters. The third-order valence-electron chi connectivity index (χ3n) is 2.92. The molecule has 0 bridgehead atoms. The van der Waals surface area contributed by atoms with Crippen LogP contribution in [0.25, 0.3) is 0 Å². The van der Waals surface area contributed by atoms with Gasteiger partial charge in [-0.3, -0.25) is 0 Å². The lowest BCUT2D eigenvalue weighted by Gasteiger charge is -2.28. The van der Waals surface area contributed by atoms with Gasteiger partial charge in [0.25, 0.3) is 0 Å². The number of allylic oxidation sites excluding steroid dienone is 1. The van der Waals surface area contributed by atoms with Crippen molar-refractivity contribution in [3.05, 3.63) is 12.2 Å². The van der Waals surface area contributed by atoms with Crippen molar-refractivity contribution in [2.45, 2.75) is 43.2 Å². The van der Waals surface area contributed by atoms with E-state index in [4.69, 9.17) is 0 Å². The predicted octanol–water partition coefficient (Wildman–Crippen LogP) is 4.49. The Kier molecular flexibility index (Phi) is 3.78. The second-order valence-electron chi connectivity index (χ2n) is 4.40. The highest BCUT2D eigenvalue weighted by Crippen LogP contribution is 2.45. The maximum Gasteiger partial charge on any atom is 0.168 e. The van der Waals surface area contributed by atoms with Crippen LogP contribution in [0, 0.1) is 11.8 Å². The summed E-state index contributed by atoms with van der Waals surface area (Å²) in [5.41, 5.74) is 1.01. The SMILES string of the molecule is C=C(C)C1CCCC(C)CC1(F)I. The monoisotopic (exact) mass is 296 g/mol. The van der Waals surface area contributed by atoms with Crippen molar-refractivity contribution in [1.82, 2.24) is 0 Å². The normalized spacial score (nSPS) is 41.2. The summed E-state index contributed by atoms with van der Waals surface area (Å²) in [6.45, 7) is 7.99. The first-order chi connectivity index (χ1) is 5.93. The lowest BCUT2D eigenvalue weighted by atomic mass is 9.91. The number of halogens is 2. The van der Waals surface area contributed by atoms with Gasteiger partial charge >= 0.3 is 0 Å². The molecule has 0 amide bonds. The van der Waals surface area contributed by atoms with E-state index in [1.165, 1.54) is 6.42 Å². The van der Waals surface area contributed by atoms with Crippen molar-refractivity contribution >= 4 is 22.6 Å². The first kappa shape index (κ1) is 11.5. The van der Waals surface area contributed by atoms with E-state index >= 15 is 0 Å². The topological polar surface area (TPSA) is 0 Å². The summed E-state index contributed by atoms with van der Waals surface area (Å²) in [7, 11) is 0. The Balaban J connectivity index is 2.77. The molecule has 76 valence electrons. The Morgan fingerprint density at radius 1 is 1.54 bits per heavy atom. The summed E-state index contributed by atoms with van der Waals surface area (Å²) in [6, 6.07) is 0. The van der Waals surface area contributed by atoms with Gasteiger partial charge in [0.15, 0.2) is 3.68 Å². The summed E-state index contributed by atoms with van der Waals surface area (Å²) in [5, 5.41) is 0. The van der Waals surface area contributed by atoms with Gasteiger partial charge in [-0.15, -0.1) is 0 Å². The van der Waals surface area contributed by atoms with Crippen LogP contribution in [0.1, 0.15) is 39.5 Å². The Labute approximate surface area is 94.1 Å². The largest absolute Gasteiger partial charge is 0.232 e. The van der Waals surface area contributed by atoms with Crippen molar-refractivity contribution in [2.24, 2.45) is 11.8 Å². The molecule has 3 atom stereocenters. The first-order valence-electron chi connectivity index (χ1n) is 4.96. The van der Waals surface area contributed by atoms with Crippen molar-refractivity contribution in [3.63, 3.8) is 0 Å². The number of rotatable bonds is 1. The van der Waals surface area contributed by atoms with E-state index in [9.17, 15) is 4.39 Å². The minimum atomic E-state index is -1.06. The van der Waals surface area contributed by atoms with Crippen LogP contribution in [0.2, 0.25) is 0 Å². The van der Waals surface area contributed by atoms with Gasteiger partial charge in [0.2, 0.25) is 0 Å². The Hall–Kier alpha value is 0.400. The highest BCUT2D eigenvalue weighted by Gasteiger charge is 2.39. The van der Waals surface area contributed by atoms with E-state index in [0.717, 1.165) is 18.4 Å². The molecular weight excluding hydrogens is 278 g/mol. The number of hydrogen-bond donors (Lipinski definition) is 0. The average Bonchev–Trinajstić information content (AvgIpc) is 2.06. The molecule has 0 aromatic heterocycles. The fourth-order valence-electron chi connectivity index (χ4n) is 2.20. The van der Waals surface area contributed by atoms with E-state index < -0.39 is 3.68 Å². The summed E-state index contributed by atoms with van der Waals surface area (Å²) in [5.74, 6) is 0.587. The maximum absolute atomic E-state index is 14.2. The lowest BCUT2D eigenvalue weighted by Crippen LogP contribution is -2.27. The van der Waals surface area contributed by atoms with E-state index in [1.807, 2.05) is 29.5 Å². The first-order valence-corrected chi connectivity index (χ1v) is 6.04. The average molecular weight is 296 g/mol. The zero-order valence-electron chi connectivity index (χ0n) is 8.45. The third kappa shape index (κ3) is 2.93. The van der Waals surface area contributed by atoms with Crippen LogP contribution in [0.5, 0.6) is 0 Å². The molecule has 0 nitrogen and oxygen atoms in total. The van der Waals surface area contributed by atoms with Crippen molar-refractivity contribution in [2.75, 3.05) is 0 Å². The van der Waals surface area contributed by atoms with Crippen molar-refractivity contribution < 1.29 is 4.39 Å². The van der Waals surface area contributed by atoms with Gasteiger partial charge < -0.3 is 0 Å². The highest BCUT2D eigenvalue weighted by molar-refractivity contribution is 14.1. The fraction of sp³-hybridized carbons (Fsp3) is 0.818. The van der Waals surface area contributed by atoms with Crippen LogP contribution in [-0.4, -0.2) is 3.68 Å². The zero-order valence-corrected chi connectivity index (χ0v) is 10.6. The van der Waals surface area contributed by atoms with Gasteiger partial charge in [-0.1, -0.05) is 31.9 Å². The van der Waals surface area contributed by atoms with Crippen LogP contribution >= 0.6 is 22.6 Å². The lowest BCUT2D eigenvalue weighted by molar-refractivity contribution is 0.205. The van der Waals surface area contributed by atoms with E-state index in [1.54, 1.807) is 0 Å². The molecule has 0 radical (unpaired) electrons. The molecule has 0 spiro atoms. The molecule has 1 rings (SSSR count). The van der Waals surface area contributed by atoms with Crippen LogP contribution in [-0.2, 0) is 0 Å². The zero-order chi connectivity index (χ0) is 10.1. The minimum absolute atomic E-state index is 0.0676. The number of hydrogen-bond acceptors (Lipinski definition) is 0. The van der Waals surface area contributed by atoms with E-state index in [-0.39, 0.29) is 5.92 Å². The maximum atomic E-state index is 14.2. The number of alkyl halides is 2. The molecule has 0 aromatic rings. The van der Waals surface area contributed by atoms with Crippen LogP contribution in [0.3, 0.4) is 0 Å². The Bertz CT molecular complexity index is 198. The summed E-state index contributed by atoms with van der Waals surface area (Å²) in [4.78, 5) is 0. The summed E-state index contributed by atoms with van der Waals surface area (Å²) < 4.78 is 13.2. The fourth-order valence-corrected chi connectivity index (χ4v) is 3.79. The molecule has 0 heterocycles. The summed E-state index contributed by atoms with van der Waals surface area (Å²) >= 11 is 1.98. The van der Waals surface area contributed by atoms with Gasteiger partial charge in [-0.05, 0) is 48.3 Å². The van der Waals surface area contributed by atoms with Gasteiger partial charge in [0, 0.05) is 5.92 Å². The molecule has 13 heavy (non-hydrogen) atoms. The molecule has 0 aromatic carbocycles. The van der Waals surface area contributed by atoms with Crippen LogP contribution in [0.4, 0.5) is 4.39 Å². The quantitative estimate of drug-likeness (QED) is 0.289. The minimum Gasteiger partial charge on any atom is -0.232 e. The van der Waals surface area contributed by atoms with Crippen LogP contribution in [0.15, 0.2) is 12.2 Å². The van der Waals surface area contributed by atoms with Gasteiger partial charge in [-0.2, -0.15) is 0 Å². The smallest absolute Gasteiger partial charge is 0.168 e. The molecule has 0 aliphatic heterocycles. The predicted molar refractivity (Wildman–Crippen MR) is 63.8 cm³/mol. The van der Waals surface area contributed by atoms with Gasteiger partial charge in [-0.25, -0.2) is 4.39 Å². The molecule has 0 N–H and O–H groups in total. The van der Waals surface area contributed by atoms with Gasteiger partial charge in [0.05, 0.1) is 0 Å². The van der Waals surface area contributed by atoms with Crippen LogP contribution < -0.4 is 0 Å². The molecule has 0 saturated heterocycles. The van der Waals surface area contributed by atoms with Crippen molar-refractivity contribution in [3.8, 4) is 0 Å². The molecule has 1 aliphatic rings. The highest BCUT2D eigenvalue weighted by atomic mass is 127.